The third-order valence-corrected chi connectivity index (χ3v) is 14.1. The summed E-state index contributed by atoms with van der Waals surface area (Å²) in [6.07, 6.45) is 34.3. The van der Waals surface area contributed by atoms with Gasteiger partial charge in [-0.25, -0.2) is 0 Å². The number of benzene rings is 6. The first kappa shape index (κ1) is 36.0. The van der Waals surface area contributed by atoms with Gasteiger partial charge in [-0.1, -0.05) is 158 Å². The molecule has 2 heteroatoms. The second-order valence-electron chi connectivity index (χ2n) is 17.2. The van der Waals surface area contributed by atoms with Crippen molar-refractivity contribution in [1.29, 1.82) is 0 Å². The van der Waals surface area contributed by atoms with Gasteiger partial charge < -0.3 is 9.80 Å². The molecule has 0 bridgehead atoms. The molecule has 2 nitrogen and oxygen atoms in total. The van der Waals surface area contributed by atoms with Crippen molar-refractivity contribution < 1.29 is 0 Å². The van der Waals surface area contributed by atoms with Gasteiger partial charge in [0.15, 0.2) is 0 Å². The van der Waals surface area contributed by atoms with Gasteiger partial charge in [0.1, 0.15) is 0 Å². The zero-order valence-electron chi connectivity index (χ0n) is 34.4. The molecule has 0 radical (unpaired) electrons. The average molecular weight is 785 g/mol. The van der Waals surface area contributed by atoms with Crippen LogP contribution in [0.3, 0.4) is 0 Å². The van der Waals surface area contributed by atoms with Gasteiger partial charge in [-0.05, 0) is 126 Å². The molecule has 0 N–H and O–H groups in total. The van der Waals surface area contributed by atoms with E-state index in [9.17, 15) is 0 Å². The molecular weight excluding hydrogens is 737 g/mol. The number of anilines is 5. The molecule has 0 saturated carbocycles. The summed E-state index contributed by atoms with van der Waals surface area (Å²) in [5.41, 5.74) is 20.8. The van der Waals surface area contributed by atoms with E-state index in [1.54, 1.807) is 0 Å². The summed E-state index contributed by atoms with van der Waals surface area (Å²) in [4.78, 5) is 5.13. The summed E-state index contributed by atoms with van der Waals surface area (Å²) in [6, 6.07) is 50.9. The number of hydrogen-bond acceptors (Lipinski definition) is 2. The molecule has 6 aromatic rings. The predicted molar refractivity (Wildman–Crippen MR) is 256 cm³/mol. The van der Waals surface area contributed by atoms with Crippen LogP contribution < -0.4 is 9.80 Å². The molecule has 3 atom stereocenters. The summed E-state index contributed by atoms with van der Waals surface area (Å²) >= 11 is 0. The Morgan fingerprint density at radius 3 is 2.10 bits per heavy atom. The third-order valence-electron chi connectivity index (χ3n) is 14.1. The van der Waals surface area contributed by atoms with E-state index in [1.807, 2.05) is 0 Å². The number of hydrogen-bond donors (Lipinski definition) is 0. The molecule has 6 aliphatic carbocycles. The maximum atomic E-state index is 2.59. The molecule has 0 aromatic heterocycles. The van der Waals surface area contributed by atoms with Gasteiger partial charge in [0.05, 0.1) is 22.5 Å². The van der Waals surface area contributed by atoms with E-state index in [2.05, 4.69) is 216 Å². The van der Waals surface area contributed by atoms with Crippen molar-refractivity contribution in [2.45, 2.75) is 49.9 Å². The molecular formula is C59H48N2. The van der Waals surface area contributed by atoms with E-state index in [0.29, 0.717) is 0 Å². The van der Waals surface area contributed by atoms with Gasteiger partial charge in [0.2, 0.25) is 0 Å². The number of aryl methyl sites for hydroxylation is 1. The van der Waals surface area contributed by atoms with Gasteiger partial charge in [0.25, 0.3) is 0 Å². The second-order valence-corrected chi connectivity index (χ2v) is 17.2. The van der Waals surface area contributed by atoms with E-state index in [1.165, 1.54) is 84.1 Å². The highest BCUT2D eigenvalue weighted by Crippen LogP contribution is 2.67. The quantitative estimate of drug-likeness (QED) is 0.159. The van der Waals surface area contributed by atoms with Crippen molar-refractivity contribution in [2.75, 3.05) is 9.80 Å². The smallest absolute Gasteiger partial charge is 0.0543 e. The highest BCUT2D eigenvalue weighted by atomic mass is 15.2. The van der Waals surface area contributed by atoms with Crippen LogP contribution in [0.1, 0.15) is 77.0 Å². The van der Waals surface area contributed by atoms with Crippen molar-refractivity contribution in [1.82, 2.24) is 0 Å². The van der Waals surface area contributed by atoms with Gasteiger partial charge >= 0.3 is 0 Å². The molecule has 0 amide bonds. The number of nitrogens with zero attached hydrogens (tertiary/aromatic N) is 2. The molecule has 294 valence electrons. The Hall–Kier alpha value is -6.90. The fraction of sp³-hybridized carbons (Fsp3) is 0.153. The average Bonchev–Trinajstić information content (AvgIpc) is 3.80. The second kappa shape index (κ2) is 14.7. The van der Waals surface area contributed by atoms with Crippen molar-refractivity contribution in [3.8, 4) is 11.1 Å². The van der Waals surface area contributed by atoms with Gasteiger partial charge in [-0.2, -0.15) is 0 Å². The van der Waals surface area contributed by atoms with Crippen molar-refractivity contribution in [3.63, 3.8) is 0 Å². The van der Waals surface area contributed by atoms with E-state index in [4.69, 9.17) is 0 Å². The lowest BCUT2D eigenvalue weighted by Gasteiger charge is -2.37. The zero-order valence-corrected chi connectivity index (χ0v) is 34.4. The zero-order chi connectivity index (χ0) is 40.3. The molecule has 0 heterocycles. The van der Waals surface area contributed by atoms with Crippen molar-refractivity contribution >= 4 is 40.1 Å². The Morgan fingerprint density at radius 2 is 1.23 bits per heavy atom. The normalized spacial score (nSPS) is 21.0. The lowest BCUT2D eigenvalue weighted by molar-refractivity contribution is 0.465. The van der Waals surface area contributed by atoms with E-state index in [-0.39, 0.29) is 11.8 Å². The van der Waals surface area contributed by atoms with Crippen LogP contribution in [-0.4, -0.2) is 0 Å². The topological polar surface area (TPSA) is 6.48 Å². The molecule has 0 aliphatic heterocycles. The third kappa shape index (κ3) is 5.55. The Labute approximate surface area is 360 Å². The summed E-state index contributed by atoms with van der Waals surface area (Å²) in [5.74, 6) is 0.474. The molecule has 6 aromatic carbocycles. The van der Waals surface area contributed by atoms with Crippen LogP contribution in [0.15, 0.2) is 206 Å². The number of para-hydroxylation sites is 2. The predicted octanol–water partition coefficient (Wildman–Crippen LogP) is 15.4. The molecule has 3 unspecified atom stereocenters. The first-order valence-corrected chi connectivity index (χ1v) is 22.3. The van der Waals surface area contributed by atoms with Gasteiger partial charge in [-0.3, -0.25) is 0 Å². The van der Waals surface area contributed by atoms with Crippen LogP contribution in [0.5, 0.6) is 0 Å². The molecule has 0 saturated heterocycles. The Kier molecular flexibility index (Phi) is 8.66. The minimum absolute atomic E-state index is 0.217. The van der Waals surface area contributed by atoms with Crippen molar-refractivity contribution in [2.24, 2.45) is 5.92 Å². The largest absolute Gasteiger partial charge is 0.314 e. The van der Waals surface area contributed by atoms with Crippen LogP contribution in [0, 0.1) is 5.92 Å². The summed E-state index contributed by atoms with van der Waals surface area (Å²) in [6.45, 7) is 0. The SMILES string of the molecule is C1=CCCC(c2ccccc2N(c2ccccc2)c2cccc3c2-c2ccccc2C32c3cc(N(C4=CC=CCC4)c4cccc5c4C=CCC5)ccc3C3C=CC=CC32)=C1. The number of fused-ring (bicyclic) bond motifs is 11. The Morgan fingerprint density at radius 1 is 0.492 bits per heavy atom. The van der Waals surface area contributed by atoms with Crippen LogP contribution in [0.4, 0.5) is 28.4 Å². The van der Waals surface area contributed by atoms with E-state index >= 15 is 0 Å². The molecule has 1 spiro atoms. The maximum absolute atomic E-state index is 2.59. The molecule has 6 aliphatic rings. The summed E-state index contributed by atoms with van der Waals surface area (Å²) in [7, 11) is 0. The molecule has 0 fully saturated rings. The van der Waals surface area contributed by atoms with Crippen LogP contribution in [-0.2, 0) is 11.8 Å². The fourth-order valence-electron chi connectivity index (χ4n) is 11.6. The summed E-state index contributed by atoms with van der Waals surface area (Å²) < 4.78 is 0. The summed E-state index contributed by atoms with van der Waals surface area (Å²) in [5, 5.41) is 0. The molecule has 61 heavy (non-hydrogen) atoms. The lowest BCUT2D eigenvalue weighted by atomic mass is 9.65. The Balaban J connectivity index is 1.12. The van der Waals surface area contributed by atoms with Crippen molar-refractivity contribution in [3.05, 3.63) is 245 Å². The number of allylic oxidation sites excluding steroid dienone is 13. The minimum Gasteiger partial charge on any atom is -0.314 e. The van der Waals surface area contributed by atoms with E-state index < -0.39 is 5.41 Å². The highest BCUT2D eigenvalue weighted by Gasteiger charge is 2.58. The first-order chi connectivity index (χ1) is 30.3. The van der Waals surface area contributed by atoms with Crippen LogP contribution in [0.25, 0.3) is 22.8 Å². The van der Waals surface area contributed by atoms with Gasteiger partial charge in [-0.15, -0.1) is 0 Å². The van der Waals surface area contributed by atoms with E-state index in [0.717, 1.165) is 44.2 Å². The standard InChI is InChI=1S/C59H48N2/c1-4-20-41(21-5-1)47-29-14-17-35-56(47)61(44-26-8-3-9-27-44)57-37-19-34-53-58(57)50-31-13-16-33-52(50)59(53)51-32-15-12-30-48(51)49-39-38-45(40-54(49)59)60(43-24-6-2-7-25-43)55-36-18-23-42-22-10-11-28-46(42)55/h1-4,6,8-9,11-20,23-24,26-40,48,51H,5,7,10,21-22,25H2. The minimum atomic E-state index is -0.402. The molecule has 12 rings (SSSR count). The number of rotatable bonds is 7. The lowest BCUT2D eigenvalue weighted by Crippen LogP contribution is -2.33. The van der Waals surface area contributed by atoms with Crippen LogP contribution >= 0.6 is 0 Å². The van der Waals surface area contributed by atoms with Gasteiger partial charge in [0, 0.05) is 45.6 Å². The van der Waals surface area contributed by atoms with Crippen LogP contribution in [0.2, 0.25) is 0 Å². The Bertz CT molecular complexity index is 2950. The monoisotopic (exact) mass is 784 g/mol. The highest BCUT2D eigenvalue weighted by molar-refractivity contribution is 5.99. The fourth-order valence-corrected chi connectivity index (χ4v) is 11.6. The first-order valence-electron chi connectivity index (χ1n) is 22.3. The maximum Gasteiger partial charge on any atom is 0.0543 e.